The maximum Gasteiger partial charge on any atom is 0.509 e. The molecule has 11 nitrogen and oxygen atoms in total. The van der Waals surface area contributed by atoms with Crippen molar-refractivity contribution in [1.29, 1.82) is 0 Å². The Balaban J connectivity index is 1.67. The van der Waals surface area contributed by atoms with Crippen LogP contribution in [0.15, 0.2) is 48.8 Å². The number of likely N-dealkylation sites (N-methyl/N-ethyl adjacent to an activating group) is 2. The van der Waals surface area contributed by atoms with Gasteiger partial charge in [-0.2, -0.15) is 0 Å². The van der Waals surface area contributed by atoms with Gasteiger partial charge in [-0.05, 0) is 64.3 Å². The molecule has 248 valence electrons. The second-order valence-corrected chi connectivity index (χ2v) is 12.1. The number of rotatable bonds is 16. The van der Waals surface area contributed by atoms with Crippen LogP contribution >= 0.6 is 0 Å². The molecule has 0 aliphatic carbocycles. The number of hydrogen-bond acceptors (Lipinski definition) is 7. The number of ether oxygens (including phenoxy) is 2. The molecule has 46 heavy (non-hydrogen) atoms. The summed E-state index contributed by atoms with van der Waals surface area (Å²) in [7, 11) is 8.10. The van der Waals surface area contributed by atoms with Gasteiger partial charge in [0.2, 0.25) is 11.8 Å². The first-order chi connectivity index (χ1) is 22.1. The molecule has 0 aliphatic heterocycles. The summed E-state index contributed by atoms with van der Waals surface area (Å²) in [5.74, 6) is -0.304. The van der Waals surface area contributed by atoms with Crippen LogP contribution < -0.4 is 10.6 Å². The van der Waals surface area contributed by atoms with E-state index in [0.29, 0.717) is 12.8 Å². The van der Waals surface area contributed by atoms with Crippen LogP contribution in [0.5, 0.6) is 0 Å². The molecule has 2 aromatic carbocycles. The summed E-state index contributed by atoms with van der Waals surface area (Å²) in [6.07, 6.45) is 3.62. The zero-order valence-corrected chi connectivity index (χ0v) is 27.9. The predicted molar refractivity (Wildman–Crippen MR) is 181 cm³/mol. The standard InChI is InChI=1S/C35H48N6O5/c1-7-31(42)38-21-29(25-11-9-13-27-33(25)23(19-36-27)15-17-40(3)4)45-35(44)46-30(22-39-32(43)8-2)26-12-10-14-28-34(26)24(20-37-28)16-18-41(5)6/h9-14,19-20,29-30,36-37H,7-8,15-18,21-22H2,1-6H3,(H,38,42)(H,39,43). The van der Waals surface area contributed by atoms with Gasteiger partial charge in [0.25, 0.3) is 0 Å². The molecule has 0 spiro atoms. The van der Waals surface area contributed by atoms with Gasteiger partial charge in [0.15, 0.2) is 0 Å². The van der Waals surface area contributed by atoms with E-state index in [1.807, 2.05) is 77.0 Å². The normalized spacial score (nSPS) is 12.9. The fourth-order valence-corrected chi connectivity index (χ4v) is 5.54. The Morgan fingerprint density at radius 2 is 1.11 bits per heavy atom. The predicted octanol–water partition coefficient (Wildman–Crippen LogP) is 4.85. The minimum absolute atomic E-state index is 0.0818. The molecule has 2 unspecified atom stereocenters. The molecule has 0 saturated carbocycles. The minimum atomic E-state index is -0.892. The first kappa shape index (κ1) is 34.5. The summed E-state index contributed by atoms with van der Waals surface area (Å²) in [4.78, 5) is 49.2. The summed E-state index contributed by atoms with van der Waals surface area (Å²) >= 11 is 0. The third kappa shape index (κ3) is 8.88. The van der Waals surface area contributed by atoms with Crippen molar-refractivity contribution >= 4 is 39.8 Å². The lowest BCUT2D eigenvalue weighted by Crippen LogP contribution is -2.32. The van der Waals surface area contributed by atoms with E-state index in [1.54, 1.807) is 13.8 Å². The monoisotopic (exact) mass is 632 g/mol. The number of benzene rings is 2. The van der Waals surface area contributed by atoms with Crippen LogP contribution in [0.4, 0.5) is 4.79 Å². The number of H-pyrrole nitrogens is 2. The van der Waals surface area contributed by atoms with Crippen molar-refractivity contribution in [1.82, 2.24) is 30.4 Å². The van der Waals surface area contributed by atoms with Crippen LogP contribution in [0, 0.1) is 0 Å². The summed E-state index contributed by atoms with van der Waals surface area (Å²) < 4.78 is 12.1. The zero-order chi connectivity index (χ0) is 33.2. The van der Waals surface area contributed by atoms with E-state index in [-0.39, 0.29) is 24.9 Å². The lowest BCUT2D eigenvalue weighted by atomic mass is 9.99. The third-order valence-electron chi connectivity index (χ3n) is 8.08. The number of carbonyl (C=O) groups is 3. The van der Waals surface area contributed by atoms with Gasteiger partial charge in [0.1, 0.15) is 12.2 Å². The van der Waals surface area contributed by atoms with Gasteiger partial charge in [-0.15, -0.1) is 0 Å². The van der Waals surface area contributed by atoms with Crippen molar-refractivity contribution in [2.24, 2.45) is 0 Å². The van der Waals surface area contributed by atoms with Gasteiger partial charge < -0.3 is 39.9 Å². The van der Waals surface area contributed by atoms with Crippen LogP contribution in [0.25, 0.3) is 21.8 Å². The van der Waals surface area contributed by atoms with Gasteiger partial charge in [-0.1, -0.05) is 38.1 Å². The smallest absolute Gasteiger partial charge is 0.424 e. The molecule has 4 N–H and O–H groups in total. The second kappa shape index (κ2) is 16.3. The highest BCUT2D eigenvalue weighted by Crippen LogP contribution is 2.33. The quantitative estimate of drug-likeness (QED) is 0.130. The minimum Gasteiger partial charge on any atom is -0.424 e. The highest BCUT2D eigenvalue weighted by molar-refractivity contribution is 5.88. The van der Waals surface area contributed by atoms with Gasteiger partial charge in [-0.25, -0.2) is 4.79 Å². The summed E-state index contributed by atoms with van der Waals surface area (Å²) in [6, 6.07) is 11.6. The number of carbonyl (C=O) groups excluding carboxylic acids is 3. The van der Waals surface area contributed by atoms with Crippen LogP contribution in [0.3, 0.4) is 0 Å². The van der Waals surface area contributed by atoms with Crippen LogP contribution in [0.2, 0.25) is 0 Å². The fraction of sp³-hybridized carbons (Fsp3) is 0.457. The summed E-state index contributed by atoms with van der Waals surface area (Å²) in [5.41, 5.74) is 5.56. The Hall–Kier alpha value is -4.35. The van der Waals surface area contributed by atoms with E-state index in [1.165, 1.54) is 0 Å². The highest BCUT2D eigenvalue weighted by Gasteiger charge is 2.27. The molecule has 0 saturated heterocycles. The van der Waals surface area contributed by atoms with Gasteiger partial charge in [-0.3, -0.25) is 9.59 Å². The van der Waals surface area contributed by atoms with E-state index in [9.17, 15) is 14.4 Å². The van der Waals surface area contributed by atoms with Gasteiger partial charge in [0, 0.05) is 71.3 Å². The van der Waals surface area contributed by atoms with E-state index in [4.69, 9.17) is 9.47 Å². The van der Waals surface area contributed by atoms with E-state index < -0.39 is 18.4 Å². The van der Waals surface area contributed by atoms with Gasteiger partial charge in [0.05, 0.1) is 13.1 Å². The lowest BCUT2D eigenvalue weighted by Gasteiger charge is -2.24. The van der Waals surface area contributed by atoms with Crippen molar-refractivity contribution in [2.45, 2.75) is 51.7 Å². The Bertz CT molecular complexity index is 1510. The highest BCUT2D eigenvalue weighted by atomic mass is 16.7. The first-order valence-corrected chi connectivity index (χ1v) is 16.0. The average Bonchev–Trinajstić information content (AvgIpc) is 3.66. The van der Waals surface area contributed by atoms with Crippen molar-refractivity contribution in [3.05, 3.63) is 71.0 Å². The molecule has 2 heterocycles. The lowest BCUT2D eigenvalue weighted by molar-refractivity contribution is -0.121. The van der Waals surface area contributed by atoms with Crippen molar-refractivity contribution < 1.29 is 23.9 Å². The van der Waals surface area contributed by atoms with E-state index in [0.717, 1.165) is 70.0 Å². The summed E-state index contributed by atoms with van der Waals surface area (Å²) in [6.45, 7) is 5.39. The number of aromatic nitrogens is 2. The molecule has 0 bridgehead atoms. The number of aromatic amines is 2. The largest absolute Gasteiger partial charge is 0.509 e. The third-order valence-corrected chi connectivity index (χ3v) is 8.08. The second-order valence-electron chi connectivity index (χ2n) is 12.1. The number of amides is 2. The van der Waals surface area contributed by atoms with Crippen LogP contribution in [-0.2, 0) is 31.9 Å². The SMILES string of the molecule is CCC(=O)NCC(OC(=O)OC(CNC(=O)CC)c1cccc2[nH]cc(CCN(C)C)c12)c1cccc2[nH]cc(CCN(C)C)c12. The molecule has 2 atom stereocenters. The zero-order valence-electron chi connectivity index (χ0n) is 27.9. The molecular formula is C35H48N6O5. The summed E-state index contributed by atoms with van der Waals surface area (Å²) in [5, 5.41) is 7.70. The molecule has 4 rings (SSSR count). The molecule has 2 aromatic heterocycles. The molecule has 2 amide bonds. The Morgan fingerprint density at radius 3 is 1.48 bits per heavy atom. The van der Waals surface area contributed by atoms with Gasteiger partial charge >= 0.3 is 6.16 Å². The molecule has 4 aromatic rings. The van der Waals surface area contributed by atoms with Crippen molar-refractivity contribution in [3.63, 3.8) is 0 Å². The maximum atomic E-state index is 13.7. The number of fused-ring (bicyclic) bond motifs is 2. The van der Waals surface area contributed by atoms with Crippen LogP contribution in [-0.4, -0.2) is 92.1 Å². The topological polar surface area (TPSA) is 132 Å². The number of nitrogens with zero attached hydrogens (tertiary/aromatic N) is 2. The Labute approximate surface area is 271 Å². The maximum absolute atomic E-state index is 13.7. The Morgan fingerprint density at radius 1 is 0.696 bits per heavy atom. The molecule has 0 fully saturated rings. The fourth-order valence-electron chi connectivity index (χ4n) is 5.54. The van der Waals surface area contributed by atoms with E-state index >= 15 is 0 Å². The first-order valence-electron chi connectivity index (χ1n) is 16.0. The van der Waals surface area contributed by atoms with Crippen LogP contribution in [0.1, 0.15) is 61.2 Å². The molecule has 11 heteroatoms. The molecular weight excluding hydrogens is 584 g/mol. The van der Waals surface area contributed by atoms with E-state index in [2.05, 4.69) is 30.4 Å². The van der Waals surface area contributed by atoms with Crippen molar-refractivity contribution in [3.8, 4) is 0 Å². The Kier molecular flexibility index (Phi) is 12.2. The number of hydrogen-bond donors (Lipinski definition) is 4. The molecule has 0 radical (unpaired) electrons. The van der Waals surface area contributed by atoms with Crippen molar-refractivity contribution in [2.75, 3.05) is 54.4 Å². The molecule has 0 aliphatic rings. The number of nitrogens with one attached hydrogen (secondary N) is 4. The average molecular weight is 633 g/mol.